The third-order valence-electron chi connectivity index (χ3n) is 8.24. The highest BCUT2D eigenvalue weighted by Crippen LogP contribution is 2.54. The van der Waals surface area contributed by atoms with Gasteiger partial charge in [0.05, 0.1) is 6.61 Å². The van der Waals surface area contributed by atoms with E-state index in [1.807, 2.05) is 6.07 Å². The normalized spacial score (nSPS) is 25.6. The molecule has 184 valence electrons. The number of ether oxygens (including phenoxy) is 3. The molecule has 0 unspecified atom stereocenters. The van der Waals surface area contributed by atoms with Crippen LogP contribution in [0, 0.1) is 5.92 Å². The fourth-order valence-corrected chi connectivity index (χ4v) is 6.57. The zero-order valence-corrected chi connectivity index (χ0v) is 20.5. The van der Waals surface area contributed by atoms with Gasteiger partial charge in [-0.2, -0.15) is 0 Å². The van der Waals surface area contributed by atoms with Crippen LogP contribution in [0.1, 0.15) is 102 Å². The summed E-state index contributed by atoms with van der Waals surface area (Å²) in [6.07, 6.45) is 16.7. The van der Waals surface area contributed by atoms with Crippen LogP contribution in [-0.2, 0) is 21.3 Å². The van der Waals surface area contributed by atoms with Gasteiger partial charge in [0, 0.05) is 11.5 Å². The van der Waals surface area contributed by atoms with Crippen LogP contribution in [0.15, 0.2) is 18.2 Å². The summed E-state index contributed by atoms with van der Waals surface area (Å²) < 4.78 is 16.2. The van der Waals surface area contributed by atoms with E-state index in [0.717, 1.165) is 37.5 Å². The molecule has 3 atom stereocenters. The number of rotatable bonds is 12. The molecule has 1 heterocycles. The average molecular weight is 458 g/mol. The van der Waals surface area contributed by atoms with Gasteiger partial charge in [-0.1, -0.05) is 70.8 Å². The largest absolute Gasteiger partial charge is 0.511 e. The second-order valence-electron chi connectivity index (χ2n) is 10.3. The molecule has 33 heavy (non-hydrogen) atoms. The minimum absolute atomic E-state index is 0.102. The summed E-state index contributed by atoms with van der Waals surface area (Å²) in [6.45, 7) is 3.67. The predicted molar refractivity (Wildman–Crippen MR) is 131 cm³/mol. The number of hydrogen-bond acceptors (Lipinski definition) is 5. The van der Waals surface area contributed by atoms with E-state index >= 15 is 0 Å². The maximum Gasteiger partial charge on any atom is 0.511 e. The van der Waals surface area contributed by atoms with Crippen LogP contribution < -0.4 is 10.1 Å². The van der Waals surface area contributed by atoms with E-state index in [2.05, 4.69) is 24.4 Å². The van der Waals surface area contributed by atoms with Gasteiger partial charge in [0.15, 0.2) is 0 Å². The highest BCUT2D eigenvalue weighted by atomic mass is 16.8. The molecule has 3 aliphatic rings. The minimum atomic E-state index is -0.636. The van der Waals surface area contributed by atoms with Crippen LogP contribution in [0.2, 0.25) is 0 Å². The van der Waals surface area contributed by atoms with Crippen LogP contribution >= 0.6 is 0 Å². The molecule has 2 bridgehead atoms. The third-order valence-corrected chi connectivity index (χ3v) is 8.24. The Labute approximate surface area is 199 Å². The Morgan fingerprint density at radius 1 is 1.03 bits per heavy atom. The molecule has 4 rings (SSSR count). The summed E-state index contributed by atoms with van der Waals surface area (Å²) in [5.74, 6) is 1.53. The van der Waals surface area contributed by atoms with Gasteiger partial charge < -0.3 is 19.5 Å². The first-order valence-electron chi connectivity index (χ1n) is 13.5. The lowest BCUT2D eigenvalue weighted by Crippen LogP contribution is -2.59. The molecule has 0 aromatic heterocycles. The smallest absolute Gasteiger partial charge is 0.457 e. The number of carbonyl (C=O) groups is 1. The summed E-state index contributed by atoms with van der Waals surface area (Å²) in [7, 11) is 0. The van der Waals surface area contributed by atoms with Gasteiger partial charge >= 0.3 is 6.16 Å². The molecule has 1 saturated heterocycles. The van der Waals surface area contributed by atoms with Crippen molar-refractivity contribution in [2.45, 2.75) is 108 Å². The van der Waals surface area contributed by atoms with Gasteiger partial charge in [0.25, 0.3) is 0 Å². The number of nitrogens with one attached hydrogen (secondary N) is 1. The Morgan fingerprint density at radius 3 is 2.70 bits per heavy atom. The maximum atomic E-state index is 11.9. The highest BCUT2D eigenvalue weighted by Gasteiger charge is 2.51. The zero-order chi connectivity index (χ0) is 22.9. The van der Waals surface area contributed by atoms with Crippen LogP contribution in [0.25, 0.3) is 0 Å². The van der Waals surface area contributed by atoms with E-state index in [-0.39, 0.29) is 6.79 Å². The average Bonchev–Trinajstić information content (AvgIpc) is 2.83. The lowest BCUT2D eigenvalue weighted by Gasteiger charge is -2.56. The molecule has 1 N–H and O–H groups in total. The number of hydrogen-bond donors (Lipinski definition) is 1. The SMILES string of the molecule is CCCCCCCCCCOC(=O)OCOc1ccc2c(c1)[C@@]13CCCC[C@H]1[C@@H](C2)NCC3. The Morgan fingerprint density at radius 2 is 1.85 bits per heavy atom. The van der Waals surface area contributed by atoms with E-state index < -0.39 is 6.16 Å². The Kier molecular flexibility index (Phi) is 8.94. The van der Waals surface area contributed by atoms with Gasteiger partial charge in [-0.3, -0.25) is 0 Å². The first-order chi connectivity index (χ1) is 16.2. The number of unbranched alkanes of at least 4 members (excludes halogenated alkanes) is 7. The van der Waals surface area contributed by atoms with Gasteiger partial charge in [0.2, 0.25) is 6.79 Å². The lowest BCUT2D eigenvalue weighted by molar-refractivity contribution is 0.00381. The van der Waals surface area contributed by atoms with Gasteiger partial charge in [-0.05, 0) is 67.8 Å². The molecule has 0 spiro atoms. The molecule has 1 aromatic carbocycles. The van der Waals surface area contributed by atoms with E-state index in [1.165, 1.54) is 81.8 Å². The molecule has 1 saturated carbocycles. The molecule has 1 aromatic rings. The summed E-state index contributed by atoms with van der Waals surface area (Å²) in [6, 6.07) is 7.09. The first kappa shape index (κ1) is 24.4. The second-order valence-corrected chi connectivity index (χ2v) is 10.3. The van der Waals surface area contributed by atoms with Gasteiger partial charge in [0.1, 0.15) is 5.75 Å². The Balaban J connectivity index is 1.18. The van der Waals surface area contributed by atoms with Crippen molar-refractivity contribution >= 4 is 6.16 Å². The number of fused-ring (bicyclic) bond motifs is 1. The molecule has 2 aliphatic carbocycles. The summed E-state index contributed by atoms with van der Waals surface area (Å²) in [5, 5.41) is 3.78. The van der Waals surface area contributed by atoms with Crippen molar-refractivity contribution in [1.29, 1.82) is 0 Å². The zero-order valence-electron chi connectivity index (χ0n) is 20.5. The van der Waals surface area contributed by atoms with Crippen molar-refractivity contribution in [2.75, 3.05) is 19.9 Å². The molecular weight excluding hydrogens is 414 g/mol. The second kappa shape index (κ2) is 12.1. The fraction of sp³-hybridized carbons (Fsp3) is 0.750. The fourth-order valence-electron chi connectivity index (χ4n) is 6.57. The van der Waals surface area contributed by atoms with Crippen LogP contribution in [0.5, 0.6) is 5.75 Å². The van der Waals surface area contributed by atoms with E-state index in [1.54, 1.807) is 0 Å². The van der Waals surface area contributed by atoms with Gasteiger partial charge in [-0.25, -0.2) is 4.79 Å². The highest BCUT2D eigenvalue weighted by molar-refractivity contribution is 5.59. The predicted octanol–water partition coefficient (Wildman–Crippen LogP) is 6.66. The first-order valence-corrected chi connectivity index (χ1v) is 13.5. The quantitative estimate of drug-likeness (QED) is 0.216. The number of piperidine rings is 1. The van der Waals surface area contributed by atoms with E-state index in [9.17, 15) is 4.79 Å². The van der Waals surface area contributed by atoms with Gasteiger partial charge in [-0.15, -0.1) is 0 Å². The summed E-state index contributed by atoms with van der Waals surface area (Å²) in [5.41, 5.74) is 3.25. The standard InChI is InChI=1S/C28H43NO4/c1-2-3-4-5-6-7-8-11-18-31-27(30)33-21-32-23-14-13-22-19-26-24-12-9-10-15-28(24,16-17-29-26)25(22)20-23/h13-14,20,24,26,29H,2-12,15-19,21H2,1H3/t24-,26+,28+/m0/s1. The molecule has 0 radical (unpaired) electrons. The molecule has 0 amide bonds. The minimum Gasteiger partial charge on any atom is -0.457 e. The molecule has 5 heteroatoms. The molecular formula is C28H43NO4. The molecule has 5 nitrogen and oxygen atoms in total. The van der Waals surface area contributed by atoms with Crippen molar-refractivity contribution < 1.29 is 19.0 Å². The van der Waals surface area contributed by atoms with E-state index in [0.29, 0.717) is 18.1 Å². The molecule has 2 fully saturated rings. The number of carbonyl (C=O) groups excluding carboxylic acids is 1. The van der Waals surface area contributed by atoms with Crippen molar-refractivity contribution in [3.05, 3.63) is 29.3 Å². The molecule has 1 aliphatic heterocycles. The van der Waals surface area contributed by atoms with Crippen molar-refractivity contribution in [3.8, 4) is 5.75 Å². The van der Waals surface area contributed by atoms with Crippen LogP contribution in [-0.4, -0.2) is 32.1 Å². The van der Waals surface area contributed by atoms with Crippen molar-refractivity contribution in [1.82, 2.24) is 5.32 Å². The monoisotopic (exact) mass is 457 g/mol. The van der Waals surface area contributed by atoms with E-state index in [4.69, 9.17) is 14.2 Å². The van der Waals surface area contributed by atoms with Crippen LogP contribution in [0.4, 0.5) is 4.79 Å². The van der Waals surface area contributed by atoms with Crippen molar-refractivity contribution in [3.63, 3.8) is 0 Å². The summed E-state index contributed by atoms with van der Waals surface area (Å²) >= 11 is 0. The van der Waals surface area contributed by atoms with Crippen LogP contribution in [0.3, 0.4) is 0 Å². The third kappa shape index (κ3) is 6.03. The Hall–Kier alpha value is -1.75. The summed E-state index contributed by atoms with van der Waals surface area (Å²) in [4.78, 5) is 11.9. The Bertz CT molecular complexity index is 762. The lowest BCUT2D eigenvalue weighted by atomic mass is 9.53. The number of benzene rings is 1. The topological polar surface area (TPSA) is 56.8 Å². The maximum absolute atomic E-state index is 11.9. The van der Waals surface area contributed by atoms with Crippen molar-refractivity contribution in [2.24, 2.45) is 5.92 Å².